The predicted molar refractivity (Wildman–Crippen MR) is 58.2 cm³/mol. The molecule has 1 heterocycles. The van der Waals surface area contributed by atoms with E-state index >= 15 is 0 Å². The Labute approximate surface area is 81.8 Å². The number of hydrogen-bond acceptors (Lipinski definition) is 2. The third kappa shape index (κ3) is 2.71. The molecule has 3 unspecified atom stereocenters. The molecule has 1 rings (SSSR count). The van der Waals surface area contributed by atoms with Crippen LogP contribution in [0.5, 0.6) is 0 Å². The molecule has 0 saturated carbocycles. The third-order valence-electron chi connectivity index (χ3n) is 2.89. The maximum Gasteiger partial charge on any atom is 0.0938 e. The largest absolute Gasteiger partial charge is 0.369 e. The lowest BCUT2D eigenvalue weighted by molar-refractivity contribution is 0.379. The molecule has 13 heavy (non-hydrogen) atoms. The van der Waals surface area contributed by atoms with Gasteiger partial charge in [-0.05, 0) is 26.2 Å². The highest BCUT2D eigenvalue weighted by Crippen LogP contribution is 2.21. The standard InChI is InChI=1S/C11H22N2/c1-5-6-7-8(2)11-9(3)12-10(4)13-11/h8-9,11H,5-7H2,1-4H3,(H,12,13). The van der Waals surface area contributed by atoms with E-state index in [9.17, 15) is 0 Å². The van der Waals surface area contributed by atoms with Crippen LogP contribution in [0.4, 0.5) is 0 Å². The average Bonchev–Trinajstić information content (AvgIpc) is 2.41. The maximum absolute atomic E-state index is 4.63. The lowest BCUT2D eigenvalue weighted by atomic mass is 9.92. The molecule has 2 nitrogen and oxygen atoms in total. The van der Waals surface area contributed by atoms with Crippen LogP contribution in [0, 0.1) is 5.92 Å². The molecule has 0 radical (unpaired) electrons. The van der Waals surface area contributed by atoms with Crippen molar-refractivity contribution in [3.63, 3.8) is 0 Å². The monoisotopic (exact) mass is 182 g/mol. The summed E-state index contributed by atoms with van der Waals surface area (Å²) in [6.45, 7) is 8.86. The molecule has 76 valence electrons. The molecule has 0 saturated heterocycles. The van der Waals surface area contributed by atoms with Crippen molar-refractivity contribution in [2.45, 2.75) is 59.0 Å². The van der Waals surface area contributed by atoms with Gasteiger partial charge in [0.05, 0.1) is 11.9 Å². The Morgan fingerprint density at radius 1 is 1.54 bits per heavy atom. The highest BCUT2D eigenvalue weighted by Gasteiger charge is 2.27. The summed E-state index contributed by atoms with van der Waals surface area (Å²) in [6.07, 6.45) is 3.94. The number of nitrogens with zero attached hydrogens (tertiary/aromatic N) is 1. The second-order valence-corrected chi connectivity index (χ2v) is 4.26. The minimum Gasteiger partial charge on any atom is -0.369 e. The molecule has 0 aromatic carbocycles. The first kappa shape index (κ1) is 10.6. The molecule has 1 N–H and O–H groups in total. The molecule has 0 spiro atoms. The summed E-state index contributed by atoms with van der Waals surface area (Å²) in [4.78, 5) is 4.63. The molecule has 2 heteroatoms. The average molecular weight is 182 g/mol. The van der Waals surface area contributed by atoms with E-state index in [1.165, 1.54) is 19.3 Å². The Kier molecular flexibility index (Phi) is 3.76. The van der Waals surface area contributed by atoms with Gasteiger partial charge >= 0.3 is 0 Å². The number of nitrogens with one attached hydrogen (secondary N) is 1. The van der Waals surface area contributed by atoms with Gasteiger partial charge < -0.3 is 5.32 Å². The van der Waals surface area contributed by atoms with Crippen LogP contribution < -0.4 is 5.32 Å². The maximum atomic E-state index is 4.63. The van der Waals surface area contributed by atoms with Gasteiger partial charge in [-0.3, -0.25) is 4.99 Å². The van der Waals surface area contributed by atoms with E-state index in [1.807, 2.05) is 0 Å². The molecular formula is C11H22N2. The molecule has 0 fully saturated rings. The molecule has 0 aromatic rings. The van der Waals surface area contributed by atoms with Gasteiger partial charge in [0.2, 0.25) is 0 Å². The van der Waals surface area contributed by atoms with Crippen LogP contribution in [0.3, 0.4) is 0 Å². The van der Waals surface area contributed by atoms with Crippen LogP contribution in [-0.2, 0) is 0 Å². The summed E-state index contributed by atoms with van der Waals surface area (Å²) in [5.74, 6) is 1.83. The summed E-state index contributed by atoms with van der Waals surface area (Å²) in [5.41, 5.74) is 0. The first-order valence-corrected chi connectivity index (χ1v) is 5.46. The smallest absolute Gasteiger partial charge is 0.0938 e. The molecule has 1 aliphatic heterocycles. The molecule has 3 atom stereocenters. The van der Waals surface area contributed by atoms with Gasteiger partial charge in [-0.1, -0.05) is 26.7 Å². The molecule has 0 aliphatic carbocycles. The first-order chi connectivity index (χ1) is 6.15. The summed E-state index contributed by atoms with van der Waals surface area (Å²) in [7, 11) is 0. The Bertz CT molecular complexity index is 187. The fourth-order valence-corrected chi connectivity index (χ4v) is 2.10. The zero-order chi connectivity index (χ0) is 9.84. The van der Waals surface area contributed by atoms with Crippen molar-refractivity contribution >= 4 is 5.84 Å². The molecule has 0 amide bonds. The summed E-state index contributed by atoms with van der Waals surface area (Å²) in [6, 6.07) is 1.04. The first-order valence-electron chi connectivity index (χ1n) is 5.46. The van der Waals surface area contributed by atoms with E-state index < -0.39 is 0 Å². The van der Waals surface area contributed by atoms with E-state index in [4.69, 9.17) is 0 Å². The van der Waals surface area contributed by atoms with Crippen LogP contribution in [0.15, 0.2) is 4.99 Å². The number of hydrogen-bond donors (Lipinski definition) is 1. The van der Waals surface area contributed by atoms with Gasteiger partial charge in [0.15, 0.2) is 0 Å². The highest BCUT2D eigenvalue weighted by atomic mass is 15.1. The van der Waals surface area contributed by atoms with E-state index in [0.29, 0.717) is 12.1 Å². The van der Waals surface area contributed by atoms with Crippen LogP contribution in [0.25, 0.3) is 0 Å². The van der Waals surface area contributed by atoms with Crippen LogP contribution in [-0.4, -0.2) is 17.9 Å². The number of rotatable bonds is 4. The quantitative estimate of drug-likeness (QED) is 0.710. The van der Waals surface area contributed by atoms with Crippen molar-refractivity contribution in [2.75, 3.05) is 0 Å². The molecule has 0 bridgehead atoms. The fourth-order valence-electron chi connectivity index (χ4n) is 2.10. The Morgan fingerprint density at radius 3 is 2.69 bits per heavy atom. The van der Waals surface area contributed by atoms with Crippen molar-refractivity contribution < 1.29 is 0 Å². The van der Waals surface area contributed by atoms with Crippen molar-refractivity contribution in [3.8, 4) is 0 Å². The third-order valence-corrected chi connectivity index (χ3v) is 2.89. The van der Waals surface area contributed by atoms with Gasteiger partial charge in [-0.15, -0.1) is 0 Å². The van der Waals surface area contributed by atoms with E-state index in [-0.39, 0.29) is 0 Å². The van der Waals surface area contributed by atoms with E-state index in [2.05, 4.69) is 38.0 Å². The van der Waals surface area contributed by atoms with Gasteiger partial charge in [0.1, 0.15) is 0 Å². The second kappa shape index (κ2) is 4.64. The number of aliphatic imine (C=N–C) groups is 1. The minimum atomic E-state index is 0.506. The number of amidine groups is 1. The fraction of sp³-hybridized carbons (Fsp3) is 0.909. The van der Waals surface area contributed by atoms with E-state index in [0.717, 1.165) is 11.8 Å². The minimum absolute atomic E-state index is 0.506. The summed E-state index contributed by atoms with van der Waals surface area (Å²) < 4.78 is 0. The Hall–Kier alpha value is -0.530. The zero-order valence-corrected chi connectivity index (χ0v) is 9.30. The van der Waals surface area contributed by atoms with Gasteiger partial charge in [-0.25, -0.2) is 0 Å². The lowest BCUT2D eigenvalue weighted by Crippen LogP contribution is -2.34. The van der Waals surface area contributed by atoms with Crippen molar-refractivity contribution in [1.82, 2.24) is 5.32 Å². The van der Waals surface area contributed by atoms with Crippen molar-refractivity contribution in [2.24, 2.45) is 10.9 Å². The topological polar surface area (TPSA) is 24.4 Å². The van der Waals surface area contributed by atoms with Gasteiger partial charge in [0, 0.05) is 6.04 Å². The summed E-state index contributed by atoms with van der Waals surface area (Å²) in [5, 5.41) is 3.37. The van der Waals surface area contributed by atoms with Crippen LogP contribution in [0.1, 0.15) is 47.0 Å². The lowest BCUT2D eigenvalue weighted by Gasteiger charge is -2.20. The predicted octanol–water partition coefficient (Wildman–Crippen LogP) is 2.59. The summed E-state index contributed by atoms with van der Waals surface area (Å²) >= 11 is 0. The second-order valence-electron chi connectivity index (χ2n) is 4.26. The van der Waals surface area contributed by atoms with Crippen molar-refractivity contribution in [1.29, 1.82) is 0 Å². The Morgan fingerprint density at radius 2 is 2.23 bits per heavy atom. The normalized spacial score (nSPS) is 29.7. The van der Waals surface area contributed by atoms with Crippen molar-refractivity contribution in [3.05, 3.63) is 0 Å². The number of unbranched alkanes of at least 4 members (excludes halogenated alkanes) is 1. The van der Waals surface area contributed by atoms with Gasteiger partial charge in [0.25, 0.3) is 0 Å². The SMILES string of the molecule is CCCCC(C)C1N=C(C)NC1C. The molecule has 1 aliphatic rings. The molecule has 0 aromatic heterocycles. The van der Waals surface area contributed by atoms with Gasteiger partial charge in [-0.2, -0.15) is 0 Å². The highest BCUT2D eigenvalue weighted by molar-refractivity contribution is 5.81. The van der Waals surface area contributed by atoms with Crippen LogP contribution in [0.2, 0.25) is 0 Å². The molecular weight excluding hydrogens is 160 g/mol. The Balaban J connectivity index is 2.41. The zero-order valence-electron chi connectivity index (χ0n) is 9.30. The van der Waals surface area contributed by atoms with E-state index in [1.54, 1.807) is 0 Å². The van der Waals surface area contributed by atoms with Crippen LogP contribution >= 0.6 is 0 Å².